The second kappa shape index (κ2) is 5.32. The number of halogens is 1. The summed E-state index contributed by atoms with van der Waals surface area (Å²) in [7, 11) is 0. The lowest BCUT2D eigenvalue weighted by atomic mass is 9.92. The summed E-state index contributed by atoms with van der Waals surface area (Å²) in [4.78, 5) is 12.1. The van der Waals surface area contributed by atoms with Gasteiger partial charge in [0.25, 0.3) is 0 Å². The highest BCUT2D eigenvalue weighted by molar-refractivity contribution is 6.34. The van der Waals surface area contributed by atoms with Crippen molar-refractivity contribution in [1.29, 1.82) is 0 Å². The summed E-state index contributed by atoms with van der Waals surface area (Å²) in [5.41, 5.74) is 1.75. The highest BCUT2D eigenvalue weighted by atomic mass is 35.5. The molecule has 0 atom stereocenters. The predicted octanol–water partition coefficient (Wildman–Crippen LogP) is 4.27. The lowest BCUT2D eigenvalue weighted by Gasteiger charge is -2.12. The predicted molar refractivity (Wildman–Crippen MR) is 64.6 cm³/mol. The van der Waals surface area contributed by atoms with Gasteiger partial charge in [-0.2, -0.15) is 0 Å². The summed E-state index contributed by atoms with van der Waals surface area (Å²) in [5, 5.41) is 0.567. The van der Waals surface area contributed by atoms with E-state index in [0.717, 1.165) is 18.4 Å². The van der Waals surface area contributed by atoms with Crippen molar-refractivity contribution in [3.8, 4) is 0 Å². The molecular formula is C13H17ClO. The lowest BCUT2D eigenvalue weighted by Crippen LogP contribution is -2.13. The van der Waals surface area contributed by atoms with Crippen molar-refractivity contribution in [1.82, 2.24) is 0 Å². The van der Waals surface area contributed by atoms with E-state index >= 15 is 0 Å². The van der Waals surface area contributed by atoms with Crippen LogP contribution >= 0.6 is 11.6 Å². The maximum absolute atomic E-state index is 12.1. The molecule has 0 unspecified atom stereocenters. The standard InChI is InChI=1S/C13H17ClO/c1-4-10(5-2)13(15)11-8-9(3)6-7-12(11)14/h6-8,10H,4-5H2,1-3H3. The van der Waals surface area contributed by atoms with Gasteiger partial charge in [0.2, 0.25) is 0 Å². The Morgan fingerprint density at radius 3 is 2.47 bits per heavy atom. The van der Waals surface area contributed by atoms with Crippen LogP contribution in [0, 0.1) is 12.8 Å². The number of hydrogen-bond acceptors (Lipinski definition) is 1. The van der Waals surface area contributed by atoms with E-state index < -0.39 is 0 Å². The van der Waals surface area contributed by atoms with Crippen LogP contribution < -0.4 is 0 Å². The van der Waals surface area contributed by atoms with Gasteiger partial charge < -0.3 is 0 Å². The molecule has 82 valence electrons. The molecule has 2 heteroatoms. The molecule has 15 heavy (non-hydrogen) atoms. The van der Waals surface area contributed by atoms with Crippen molar-refractivity contribution < 1.29 is 4.79 Å². The fourth-order valence-electron chi connectivity index (χ4n) is 1.71. The Balaban J connectivity index is 3.04. The van der Waals surface area contributed by atoms with Crippen molar-refractivity contribution in [2.24, 2.45) is 5.92 Å². The van der Waals surface area contributed by atoms with E-state index in [1.54, 1.807) is 6.07 Å². The molecule has 0 heterocycles. The monoisotopic (exact) mass is 224 g/mol. The van der Waals surface area contributed by atoms with Gasteiger partial charge in [0.05, 0.1) is 5.02 Å². The summed E-state index contributed by atoms with van der Waals surface area (Å²) >= 11 is 6.03. The number of Topliss-reactive ketones (excluding diaryl/α,β-unsaturated/α-hetero) is 1. The molecule has 0 bridgehead atoms. The van der Waals surface area contributed by atoms with Crippen LogP contribution in [0.2, 0.25) is 5.02 Å². The molecule has 1 nitrogen and oxygen atoms in total. The Hall–Kier alpha value is -0.820. The summed E-state index contributed by atoms with van der Waals surface area (Å²) in [5.74, 6) is 0.276. The molecule has 0 aliphatic carbocycles. The first kappa shape index (κ1) is 12.3. The SMILES string of the molecule is CCC(CC)C(=O)c1cc(C)ccc1Cl. The zero-order chi connectivity index (χ0) is 11.4. The minimum atomic E-state index is 0.101. The molecule has 0 saturated heterocycles. The number of benzene rings is 1. The van der Waals surface area contributed by atoms with Gasteiger partial charge in [0.15, 0.2) is 5.78 Å². The molecular weight excluding hydrogens is 208 g/mol. The van der Waals surface area contributed by atoms with Gasteiger partial charge in [-0.25, -0.2) is 0 Å². The van der Waals surface area contributed by atoms with Crippen LogP contribution in [0.25, 0.3) is 0 Å². The number of rotatable bonds is 4. The summed E-state index contributed by atoms with van der Waals surface area (Å²) < 4.78 is 0. The zero-order valence-corrected chi connectivity index (χ0v) is 10.3. The van der Waals surface area contributed by atoms with Gasteiger partial charge in [-0.1, -0.05) is 37.1 Å². The normalized spacial score (nSPS) is 10.7. The van der Waals surface area contributed by atoms with Gasteiger partial charge in [-0.3, -0.25) is 4.79 Å². The van der Waals surface area contributed by atoms with Gasteiger partial charge in [-0.05, 0) is 31.9 Å². The second-order valence-electron chi connectivity index (χ2n) is 3.86. The Bertz CT molecular complexity index is 354. The van der Waals surface area contributed by atoms with Crippen molar-refractivity contribution in [2.45, 2.75) is 33.6 Å². The molecule has 1 rings (SSSR count). The molecule has 0 amide bonds. The van der Waals surface area contributed by atoms with Gasteiger partial charge in [0, 0.05) is 11.5 Å². The third-order valence-electron chi connectivity index (χ3n) is 2.74. The van der Waals surface area contributed by atoms with E-state index in [1.165, 1.54) is 0 Å². The van der Waals surface area contributed by atoms with Crippen LogP contribution in [0.4, 0.5) is 0 Å². The average Bonchev–Trinajstić information content (AvgIpc) is 2.23. The topological polar surface area (TPSA) is 17.1 Å². The summed E-state index contributed by atoms with van der Waals surface area (Å²) in [6.07, 6.45) is 1.75. The second-order valence-corrected chi connectivity index (χ2v) is 4.27. The molecule has 0 aromatic heterocycles. The van der Waals surface area contributed by atoms with Crippen LogP contribution in [-0.4, -0.2) is 5.78 Å². The molecule has 0 aliphatic heterocycles. The smallest absolute Gasteiger partial charge is 0.167 e. The largest absolute Gasteiger partial charge is 0.294 e. The van der Waals surface area contributed by atoms with Crippen LogP contribution in [0.15, 0.2) is 18.2 Å². The zero-order valence-electron chi connectivity index (χ0n) is 9.51. The molecule has 0 N–H and O–H groups in total. The first-order chi connectivity index (χ1) is 7.10. The van der Waals surface area contributed by atoms with Crippen molar-refractivity contribution in [3.63, 3.8) is 0 Å². The van der Waals surface area contributed by atoms with Gasteiger partial charge >= 0.3 is 0 Å². The molecule has 1 aromatic carbocycles. The highest BCUT2D eigenvalue weighted by Crippen LogP contribution is 2.23. The number of hydrogen-bond donors (Lipinski definition) is 0. The van der Waals surface area contributed by atoms with Gasteiger partial charge in [0.1, 0.15) is 0 Å². The Kier molecular flexibility index (Phi) is 4.34. The van der Waals surface area contributed by atoms with E-state index in [1.807, 2.05) is 32.9 Å². The maximum atomic E-state index is 12.1. The van der Waals surface area contributed by atoms with E-state index in [0.29, 0.717) is 10.6 Å². The first-order valence-electron chi connectivity index (χ1n) is 5.40. The molecule has 0 aliphatic rings. The van der Waals surface area contributed by atoms with E-state index in [-0.39, 0.29) is 11.7 Å². The summed E-state index contributed by atoms with van der Waals surface area (Å²) in [6, 6.07) is 5.60. The van der Waals surface area contributed by atoms with Crippen LogP contribution in [0.1, 0.15) is 42.6 Å². The number of carbonyl (C=O) groups excluding carboxylic acids is 1. The minimum Gasteiger partial charge on any atom is -0.294 e. The third-order valence-corrected chi connectivity index (χ3v) is 3.07. The molecule has 0 spiro atoms. The molecule has 0 radical (unpaired) electrons. The Morgan fingerprint density at radius 1 is 1.33 bits per heavy atom. The number of ketones is 1. The third kappa shape index (κ3) is 2.82. The van der Waals surface area contributed by atoms with Crippen LogP contribution in [-0.2, 0) is 0 Å². The Labute approximate surface area is 96.5 Å². The average molecular weight is 225 g/mol. The van der Waals surface area contributed by atoms with Crippen molar-refractivity contribution in [2.75, 3.05) is 0 Å². The minimum absolute atomic E-state index is 0.101. The summed E-state index contributed by atoms with van der Waals surface area (Å²) in [6.45, 7) is 6.05. The van der Waals surface area contributed by atoms with Crippen molar-refractivity contribution in [3.05, 3.63) is 34.3 Å². The molecule has 0 fully saturated rings. The highest BCUT2D eigenvalue weighted by Gasteiger charge is 2.18. The quantitative estimate of drug-likeness (QED) is 0.699. The first-order valence-corrected chi connectivity index (χ1v) is 5.78. The van der Waals surface area contributed by atoms with Crippen molar-refractivity contribution >= 4 is 17.4 Å². The van der Waals surface area contributed by atoms with E-state index in [2.05, 4.69) is 0 Å². The Morgan fingerprint density at radius 2 is 1.93 bits per heavy atom. The fourth-order valence-corrected chi connectivity index (χ4v) is 1.92. The van der Waals surface area contributed by atoms with Gasteiger partial charge in [-0.15, -0.1) is 0 Å². The lowest BCUT2D eigenvalue weighted by molar-refractivity contribution is 0.0913. The van der Waals surface area contributed by atoms with E-state index in [9.17, 15) is 4.79 Å². The van der Waals surface area contributed by atoms with E-state index in [4.69, 9.17) is 11.6 Å². The molecule has 0 saturated carbocycles. The van der Waals surface area contributed by atoms with Crippen LogP contribution in [0.5, 0.6) is 0 Å². The number of aryl methyl sites for hydroxylation is 1. The van der Waals surface area contributed by atoms with Crippen LogP contribution in [0.3, 0.4) is 0 Å². The number of carbonyl (C=O) groups is 1. The molecule has 1 aromatic rings. The maximum Gasteiger partial charge on any atom is 0.167 e. The fraction of sp³-hybridized carbons (Fsp3) is 0.462.